The van der Waals surface area contributed by atoms with Gasteiger partial charge in [0.15, 0.2) is 0 Å². The smallest absolute Gasteiger partial charge is 0.394 e. The van der Waals surface area contributed by atoms with Crippen LogP contribution in [0.1, 0.15) is 5.56 Å². The second-order valence-electron chi connectivity index (χ2n) is 1.46. The average molecular weight is 99.1 g/mol. The van der Waals surface area contributed by atoms with Crippen LogP contribution in [0, 0.1) is 13.1 Å². The number of rotatable bonds is 0. The van der Waals surface area contributed by atoms with Gasteiger partial charge in [-0.1, -0.05) is 19.3 Å². The van der Waals surface area contributed by atoms with Crippen molar-refractivity contribution in [3.8, 4) is 0 Å². The molecule has 0 aromatic carbocycles. The van der Waals surface area contributed by atoms with Gasteiger partial charge in [-0.25, -0.2) is 0 Å². The number of hydrogen-bond acceptors (Lipinski definition) is 1. The van der Waals surface area contributed by atoms with Crippen LogP contribution in [0.15, 0.2) is 18.3 Å². The number of pyridine rings is 1. The van der Waals surface area contributed by atoms with Gasteiger partial charge in [0.05, 0.1) is 0 Å². The van der Waals surface area contributed by atoms with Crippen LogP contribution in [-0.4, -0.2) is 4.98 Å². The summed E-state index contributed by atoms with van der Waals surface area (Å²) < 4.78 is 0. The molecular formula is C6H6LiN. The first kappa shape index (κ1) is 7.75. The maximum atomic E-state index is 3.72. The zero-order chi connectivity index (χ0) is 5.11. The molecule has 0 spiro atoms. The number of aryl methyl sites for hydroxylation is 1. The normalized spacial score (nSPS) is 7.62. The second-order valence-corrected chi connectivity index (χ2v) is 1.46. The monoisotopic (exact) mass is 99.1 g/mol. The maximum absolute atomic E-state index is 3.72. The molecule has 2 heteroatoms. The van der Waals surface area contributed by atoms with E-state index < -0.39 is 0 Å². The van der Waals surface area contributed by atoms with Crippen LogP contribution in [0.5, 0.6) is 0 Å². The topological polar surface area (TPSA) is 12.9 Å². The van der Waals surface area contributed by atoms with E-state index in [0.29, 0.717) is 0 Å². The van der Waals surface area contributed by atoms with E-state index in [4.69, 9.17) is 0 Å². The summed E-state index contributed by atoms with van der Waals surface area (Å²) in [5.74, 6) is 0. The summed E-state index contributed by atoms with van der Waals surface area (Å²) in [5.41, 5.74) is 1.20. The molecule has 0 aliphatic rings. The molecule has 0 unspecified atom stereocenters. The van der Waals surface area contributed by atoms with E-state index in [2.05, 4.69) is 11.2 Å². The van der Waals surface area contributed by atoms with Crippen LogP contribution in [0.25, 0.3) is 0 Å². The van der Waals surface area contributed by atoms with Crippen LogP contribution >= 0.6 is 0 Å². The summed E-state index contributed by atoms with van der Waals surface area (Å²) in [6.45, 7) is 2.01. The van der Waals surface area contributed by atoms with Crippen molar-refractivity contribution >= 4 is 0 Å². The Morgan fingerprint density at radius 2 is 2.38 bits per heavy atom. The minimum absolute atomic E-state index is 0. The summed E-state index contributed by atoms with van der Waals surface area (Å²) in [6, 6.07) is 3.79. The molecule has 1 rings (SSSR count). The molecule has 8 heavy (non-hydrogen) atoms. The van der Waals surface area contributed by atoms with Crippen LogP contribution in [0.2, 0.25) is 0 Å². The van der Waals surface area contributed by atoms with Crippen molar-refractivity contribution in [2.45, 2.75) is 6.92 Å². The fraction of sp³-hybridized carbons (Fsp3) is 0.167. The Labute approximate surface area is 61.3 Å². The Morgan fingerprint density at radius 3 is 2.62 bits per heavy atom. The Kier molecular flexibility index (Phi) is 3.60. The molecule has 0 saturated carbocycles. The first-order valence-electron chi connectivity index (χ1n) is 2.18. The third-order valence-corrected chi connectivity index (χ3v) is 0.779. The zero-order valence-corrected chi connectivity index (χ0v) is 5.18. The van der Waals surface area contributed by atoms with Crippen molar-refractivity contribution in [2.24, 2.45) is 0 Å². The summed E-state index contributed by atoms with van der Waals surface area (Å²) in [6.07, 6.45) is 4.44. The first-order valence-corrected chi connectivity index (χ1v) is 2.18. The van der Waals surface area contributed by atoms with Gasteiger partial charge in [-0.2, -0.15) is 17.7 Å². The molecule has 0 aliphatic heterocycles. The average Bonchev–Trinajstić information content (AvgIpc) is 1.69. The maximum Gasteiger partial charge on any atom is 1.00 e. The van der Waals surface area contributed by atoms with Gasteiger partial charge in [-0.05, 0) is 0 Å². The molecule has 0 fully saturated rings. The second kappa shape index (κ2) is 3.71. The molecule has 1 nitrogen and oxygen atoms in total. The summed E-state index contributed by atoms with van der Waals surface area (Å²) >= 11 is 0. The van der Waals surface area contributed by atoms with E-state index in [1.807, 2.05) is 19.1 Å². The summed E-state index contributed by atoms with van der Waals surface area (Å²) in [5, 5.41) is 0. The fourth-order valence-electron chi connectivity index (χ4n) is 0.385. The van der Waals surface area contributed by atoms with Gasteiger partial charge in [0.25, 0.3) is 0 Å². The molecule has 36 valence electrons. The van der Waals surface area contributed by atoms with Crippen LogP contribution in [0.3, 0.4) is 0 Å². The SMILES string of the molecule is Cc1c[c-]ncc1.[Li+]. The summed E-state index contributed by atoms with van der Waals surface area (Å²) in [7, 11) is 0. The molecule has 0 radical (unpaired) electrons. The van der Waals surface area contributed by atoms with Crippen LogP contribution in [0.4, 0.5) is 0 Å². The van der Waals surface area contributed by atoms with Crippen molar-refractivity contribution < 1.29 is 18.9 Å². The fourth-order valence-corrected chi connectivity index (χ4v) is 0.385. The minimum atomic E-state index is 0. The quantitative estimate of drug-likeness (QED) is 0.276. The van der Waals surface area contributed by atoms with Crippen molar-refractivity contribution in [1.29, 1.82) is 0 Å². The molecule has 0 N–H and O–H groups in total. The predicted octanol–water partition coefficient (Wildman–Crippen LogP) is -1.81. The molecule has 1 aromatic heterocycles. The standard InChI is InChI=1S/C6H6N.Li/c1-6-2-4-7-5-3-6;/h2-4H,1H3;/q-1;+1. The summed E-state index contributed by atoms with van der Waals surface area (Å²) in [4.78, 5) is 3.72. The van der Waals surface area contributed by atoms with Crippen molar-refractivity contribution in [3.05, 3.63) is 30.1 Å². The molecule has 0 amide bonds. The van der Waals surface area contributed by atoms with E-state index in [1.165, 1.54) is 5.56 Å². The molecule has 0 saturated heterocycles. The van der Waals surface area contributed by atoms with E-state index in [0.717, 1.165) is 0 Å². The van der Waals surface area contributed by atoms with Gasteiger partial charge in [0.1, 0.15) is 0 Å². The largest absolute Gasteiger partial charge is 1.00 e. The van der Waals surface area contributed by atoms with Crippen LogP contribution < -0.4 is 18.9 Å². The molecule has 1 aromatic rings. The predicted molar refractivity (Wildman–Crippen MR) is 27.8 cm³/mol. The van der Waals surface area contributed by atoms with Gasteiger partial charge >= 0.3 is 18.9 Å². The third kappa shape index (κ3) is 2.16. The van der Waals surface area contributed by atoms with Crippen LogP contribution in [-0.2, 0) is 0 Å². The molecule has 0 bridgehead atoms. The van der Waals surface area contributed by atoms with Gasteiger partial charge in [-0.3, -0.25) is 0 Å². The first-order chi connectivity index (χ1) is 3.39. The number of hydrogen-bond donors (Lipinski definition) is 0. The molecular weight excluding hydrogens is 93.0 g/mol. The molecule has 0 atom stereocenters. The minimum Gasteiger partial charge on any atom is -0.394 e. The Morgan fingerprint density at radius 1 is 1.62 bits per heavy atom. The van der Waals surface area contributed by atoms with E-state index >= 15 is 0 Å². The van der Waals surface area contributed by atoms with E-state index in [1.54, 1.807) is 6.20 Å². The molecule has 0 aliphatic carbocycles. The molecule has 1 heterocycles. The van der Waals surface area contributed by atoms with E-state index in [9.17, 15) is 0 Å². The van der Waals surface area contributed by atoms with Crippen molar-refractivity contribution in [3.63, 3.8) is 0 Å². The Bertz CT molecular complexity index is 138. The van der Waals surface area contributed by atoms with Gasteiger partial charge in [-0.15, -0.1) is 0 Å². The number of aromatic nitrogens is 1. The van der Waals surface area contributed by atoms with E-state index in [-0.39, 0.29) is 18.9 Å². The van der Waals surface area contributed by atoms with Gasteiger partial charge in [0, 0.05) is 0 Å². The Balaban J connectivity index is 0.000000490. The number of nitrogens with zero attached hydrogens (tertiary/aromatic N) is 1. The third-order valence-electron chi connectivity index (χ3n) is 0.779. The Hall–Kier alpha value is -0.253. The van der Waals surface area contributed by atoms with Gasteiger partial charge < -0.3 is 4.98 Å². The van der Waals surface area contributed by atoms with Crippen molar-refractivity contribution in [1.82, 2.24) is 4.98 Å². The van der Waals surface area contributed by atoms with Crippen molar-refractivity contribution in [2.75, 3.05) is 0 Å². The zero-order valence-electron chi connectivity index (χ0n) is 5.18. The van der Waals surface area contributed by atoms with Gasteiger partial charge in [0.2, 0.25) is 0 Å².